The lowest BCUT2D eigenvalue weighted by atomic mass is 10.1. The molecule has 6 heteroatoms. The van der Waals surface area contributed by atoms with E-state index in [0.717, 1.165) is 22.2 Å². The zero-order chi connectivity index (χ0) is 17.2. The average Bonchev–Trinajstić information content (AvgIpc) is 3.08. The van der Waals surface area contributed by atoms with Crippen LogP contribution in [0.1, 0.15) is 11.1 Å². The summed E-state index contributed by atoms with van der Waals surface area (Å²) in [7, 11) is 1.64. The van der Waals surface area contributed by atoms with Crippen LogP contribution in [-0.4, -0.2) is 18.9 Å². The fraction of sp³-hybridized carbons (Fsp3) is 0.211. The first-order valence-corrected chi connectivity index (χ1v) is 8.02. The zero-order valence-corrected chi connectivity index (χ0v) is 13.8. The van der Waals surface area contributed by atoms with Gasteiger partial charge in [-0.05, 0) is 29.8 Å². The van der Waals surface area contributed by atoms with Crippen LogP contribution in [0.5, 0.6) is 17.2 Å². The van der Waals surface area contributed by atoms with Crippen molar-refractivity contribution in [2.75, 3.05) is 13.9 Å². The molecule has 6 nitrogen and oxygen atoms in total. The van der Waals surface area contributed by atoms with E-state index in [1.165, 1.54) is 0 Å². The number of fused-ring (bicyclic) bond motifs is 2. The molecule has 25 heavy (non-hydrogen) atoms. The largest absolute Gasteiger partial charge is 0.497 e. The molecule has 1 aliphatic rings. The topological polar surface area (TPSA) is 72.6 Å². The predicted octanol–water partition coefficient (Wildman–Crippen LogP) is 2.56. The third-order valence-corrected chi connectivity index (χ3v) is 4.22. The quantitative estimate of drug-likeness (QED) is 0.748. The molecule has 0 radical (unpaired) electrons. The second-order valence-electron chi connectivity index (χ2n) is 5.87. The van der Waals surface area contributed by atoms with Gasteiger partial charge in [-0.15, -0.1) is 0 Å². The van der Waals surface area contributed by atoms with E-state index >= 15 is 0 Å². The Morgan fingerprint density at radius 3 is 2.60 bits per heavy atom. The Morgan fingerprint density at radius 2 is 1.84 bits per heavy atom. The van der Waals surface area contributed by atoms with E-state index in [4.69, 9.17) is 14.2 Å². The minimum absolute atomic E-state index is 0.103. The van der Waals surface area contributed by atoms with Gasteiger partial charge in [0.25, 0.3) is 5.56 Å². The predicted molar refractivity (Wildman–Crippen MR) is 94.2 cm³/mol. The summed E-state index contributed by atoms with van der Waals surface area (Å²) in [4.78, 5) is 15.2. The first-order chi connectivity index (χ1) is 12.2. The average molecular weight is 338 g/mol. The summed E-state index contributed by atoms with van der Waals surface area (Å²) in [5, 5.41) is 4.22. The number of ether oxygens (including phenoxy) is 3. The fourth-order valence-electron chi connectivity index (χ4n) is 2.86. The van der Waals surface area contributed by atoms with Crippen molar-refractivity contribution in [3.05, 3.63) is 63.9 Å². The van der Waals surface area contributed by atoms with E-state index in [2.05, 4.69) is 10.3 Å². The van der Waals surface area contributed by atoms with Gasteiger partial charge in [-0.25, -0.2) is 0 Å². The Kier molecular flexibility index (Phi) is 4.03. The lowest BCUT2D eigenvalue weighted by molar-refractivity contribution is 0.174. The third kappa shape index (κ3) is 3.16. The molecule has 0 atom stereocenters. The number of rotatable bonds is 5. The molecular weight excluding hydrogens is 320 g/mol. The van der Waals surface area contributed by atoms with Gasteiger partial charge in [0.1, 0.15) is 5.75 Å². The standard InChI is InChI=1S/C19H18N2O4/c1-23-15-4-2-12(3-5-15)9-20-10-14-6-13-7-17-18(25-11-24-17)8-16(13)21-19(14)22/h2-8,20H,9-11H2,1H3,(H,21,22). The molecule has 0 saturated carbocycles. The number of pyridine rings is 1. The van der Waals surface area contributed by atoms with Gasteiger partial charge < -0.3 is 24.5 Å². The maximum Gasteiger partial charge on any atom is 0.252 e. The summed E-state index contributed by atoms with van der Waals surface area (Å²) in [5.74, 6) is 2.19. The number of aromatic nitrogens is 1. The second kappa shape index (κ2) is 6.49. The number of aromatic amines is 1. The lowest BCUT2D eigenvalue weighted by Crippen LogP contribution is -2.20. The van der Waals surface area contributed by atoms with Gasteiger partial charge >= 0.3 is 0 Å². The molecule has 1 aliphatic heterocycles. The van der Waals surface area contributed by atoms with Crippen LogP contribution in [0.2, 0.25) is 0 Å². The summed E-state index contributed by atoms with van der Waals surface area (Å²) in [6, 6.07) is 13.4. The lowest BCUT2D eigenvalue weighted by Gasteiger charge is -2.07. The summed E-state index contributed by atoms with van der Waals surface area (Å²) >= 11 is 0. The fourth-order valence-corrected chi connectivity index (χ4v) is 2.86. The van der Waals surface area contributed by atoms with Crippen LogP contribution < -0.4 is 25.1 Å². The van der Waals surface area contributed by atoms with Gasteiger partial charge in [0.05, 0.1) is 12.6 Å². The van der Waals surface area contributed by atoms with Gasteiger partial charge in [0, 0.05) is 30.1 Å². The molecular formula is C19H18N2O4. The van der Waals surface area contributed by atoms with Crippen molar-refractivity contribution in [3.8, 4) is 17.2 Å². The Balaban J connectivity index is 1.49. The van der Waals surface area contributed by atoms with Gasteiger partial charge in [0.15, 0.2) is 11.5 Å². The van der Waals surface area contributed by atoms with E-state index in [1.54, 1.807) is 13.2 Å². The Morgan fingerprint density at radius 1 is 1.08 bits per heavy atom. The van der Waals surface area contributed by atoms with Crippen molar-refractivity contribution in [1.29, 1.82) is 0 Å². The van der Waals surface area contributed by atoms with Crippen molar-refractivity contribution in [1.82, 2.24) is 10.3 Å². The van der Waals surface area contributed by atoms with Crippen molar-refractivity contribution >= 4 is 10.9 Å². The smallest absolute Gasteiger partial charge is 0.252 e. The highest BCUT2D eigenvalue weighted by Crippen LogP contribution is 2.35. The van der Waals surface area contributed by atoms with Gasteiger partial charge in [-0.2, -0.15) is 0 Å². The normalized spacial score (nSPS) is 12.5. The second-order valence-corrected chi connectivity index (χ2v) is 5.87. The molecule has 4 rings (SSSR count). The van der Waals surface area contributed by atoms with Crippen LogP contribution in [0.15, 0.2) is 47.3 Å². The Hall–Kier alpha value is -2.99. The van der Waals surface area contributed by atoms with Crippen molar-refractivity contribution in [2.45, 2.75) is 13.1 Å². The Labute approximate surface area is 144 Å². The summed E-state index contributed by atoms with van der Waals surface area (Å²) < 4.78 is 15.9. The summed E-state index contributed by atoms with van der Waals surface area (Å²) in [6.07, 6.45) is 0. The molecule has 0 spiro atoms. The molecule has 0 unspecified atom stereocenters. The molecule has 2 heterocycles. The van der Waals surface area contributed by atoms with Crippen LogP contribution in [0.4, 0.5) is 0 Å². The number of hydrogen-bond acceptors (Lipinski definition) is 5. The van der Waals surface area contributed by atoms with Crippen LogP contribution in [0, 0.1) is 0 Å². The molecule has 0 fully saturated rings. The number of H-pyrrole nitrogens is 1. The summed E-state index contributed by atoms with van der Waals surface area (Å²) in [6.45, 7) is 1.36. The van der Waals surface area contributed by atoms with Crippen molar-refractivity contribution in [3.63, 3.8) is 0 Å². The third-order valence-electron chi connectivity index (χ3n) is 4.22. The van der Waals surface area contributed by atoms with E-state index in [-0.39, 0.29) is 12.4 Å². The molecule has 0 saturated heterocycles. The minimum Gasteiger partial charge on any atom is -0.497 e. The number of benzene rings is 2. The molecule has 2 aromatic carbocycles. The van der Waals surface area contributed by atoms with E-state index in [1.807, 2.05) is 36.4 Å². The van der Waals surface area contributed by atoms with Crippen LogP contribution in [-0.2, 0) is 13.1 Å². The van der Waals surface area contributed by atoms with Gasteiger partial charge in [0.2, 0.25) is 6.79 Å². The number of methoxy groups -OCH3 is 1. The SMILES string of the molecule is COc1ccc(CNCc2cc3cc4c(cc3[nH]c2=O)OCO4)cc1. The van der Waals surface area contributed by atoms with E-state index in [9.17, 15) is 4.79 Å². The van der Waals surface area contributed by atoms with Crippen LogP contribution in [0.25, 0.3) is 10.9 Å². The molecule has 128 valence electrons. The maximum absolute atomic E-state index is 12.3. The number of nitrogens with one attached hydrogen (secondary N) is 2. The maximum atomic E-state index is 12.3. The van der Waals surface area contributed by atoms with E-state index in [0.29, 0.717) is 30.2 Å². The first kappa shape index (κ1) is 15.5. The van der Waals surface area contributed by atoms with Crippen LogP contribution >= 0.6 is 0 Å². The highest BCUT2D eigenvalue weighted by Gasteiger charge is 2.15. The van der Waals surface area contributed by atoms with Crippen molar-refractivity contribution in [2.24, 2.45) is 0 Å². The van der Waals surface area contributed by atoms with E-state index < -0.39 is 0 Å². The Bertz CT molecular complexity index is 964. The molecule has 2 N–H and O–H groups in total. The van der Waals surface area contributed by atoms with Gasteiger partial charge in [-0.3, -0.25) is 4.79 Å². The van der Waals surface area contributed by atoms with Crippen molar-refractivity contribution < 1.29 is 14.2 Å². The first-order valence-electron chi connectivity index (χ1n) is 8.02. The molecule has 0 aliphatic carbocycles. The minimum atomic E-state index is -0.103. The van der Waals surface area contributed by atoms with Crippen LogP contribution in [0.3, 0.4) is 0 Å². The van der Waals surface area contributed by atoms with Gasteiger partial charge in [-0.1, -0.05) is 12.1 Å². The molecule has 1 aromatic heterocycles. The zero-order valence-electron chi connectivity index (χ0n) is 13.8. The highest BCUT2D eigenvalue weighted by molar-refractivity contribution is 5.83. The highest BCUT2D eigenvalue weighted by atomic mass is 16.7. The molecule has 3 aromatic rings. The molecule has 0 amide bonds. The summed E-state index contributed by atoms with van der Waals surface area (Å²) in [5.41, 5.74) is 2.45. The molecule has 0 bridgehead atoms. The monoisotopic (exact) mass is 338 g/mol. The number of hydrogen-bond donors (Lipinski definition) is 2.